The van der Waals surface area contributed by atoms with Gasteiger partial charge in [-0.2, -0.15) is 0 Å². The van der Waals surface area contributed by atoms with E-state index in [1.165, 1.54) is 0 Å². The Morgan fingerprint density at radius 2 is 2.17 bits per heavy atom. The SMILES string of the molecule is CC1=C[C](C(=O)C(C)C)N=[N+]1C. The van der Waals surface area contributed by atoms with Crippen LogP contribution in [-0.2, 0) is 4.79 Å². The van der Waals surface area contributed by atoms with Crippen LogP contribution in [0.2, 0.25) is 0 Å². The van der Waals surface area contributed by atoms with Gasteiger partial charge in [0.15, 0.2) is 12.8 Å². The van der Waals surface area contributed by atoms with Gasteiger partial charge in [-0.05, 0) is 5.11 Å². The van der Waals surface area contributed by atoms with E-state index in [9.17, 15) is 4.79 Å². The third-order valence-electron chi connectivity index (χ3n) is 1.89. The van der Waals surface area contributed by atoms with Crippen molar-refractivity contribution < 1.29 is 9.49 Å². The Morgan fingerprint density at radius 3 is 2.50 bits per heavy atom. The number of carbonyl (C=O) groups excluding carboxylic acids is 1. The number of carbonyl (C=O) groups is 1. The minimum Gasteiger partial charge on any atom is -0.296 e. The quantitative estimate of drug-likeness (QED) is 0.575. The largest absolute Gasteiger partial charge is 0.296 e. The van der Waals surface area contributed by atoms with Gasteiger partial charge >= 0.3 is 0 Å². The topological polar surface area (TPSA) is 32.4 Å². The number of azo groups is 2. The van der Waals surface area contributed by atoms with Crippen LogP contribution in [0.4, 0.5) is 0 Å². The molecule has 0 aromatic heterocycles. The zero-order chi connectivity index (χ0) is 9.30. The fraction of sp³-hybridized carbons (Fsp3) is 0.556. The van der Waals surface area contributed by atoms with Crippen LogP contribution >= 0.6 is 0 Å². The third-order valence-corrected chi connectivity index (χ3v) is 1.89. The van der Waals surface area contributed by atoms with Crippen LogP contribution in [0.25, 0.3) is 0 Å². The molecule has 1 aliphatic rings. The predicted molar refractivity (Wildman–Crippen MR) is 45.5 cm³/mol. The molecule has 0 aliphatic carbocycles. The Bertz CT molecular complexity index is 246. The minimum absolute atomic E-state index is 0.0271. The van der Waals surface area contributed by atoms with Crippen molar-refractivity contribution in [2.24, 2.45) is 11.0 Å². The number of ketones is 1. The monoisotopic (exact) mass is 166 g/mol. The average molecular weight is 166 g/mol. The number of allylic oxidation sites excluding steroid dienone is 1. The highest BCUT2D eigenvalue weighted by atomic mass is 16.1. The molecule has 3 heteroatoms. The van der Waals surface area contributed by atoms with E-state index in [2.05, 4.69) is 5.11 Å². The first-order chi connectivity index (χ1) is 5.52. The summed E-state index contributed by atoms with van der Waals surface area (Å²) in [7, 11) is 1.84. The molecular formula is C9H14N2O+. The normalized spacial score (nSPS) is 18.1. The summed E-state index contributed by atoms with van der Waals surface area (Å²) in [6.07, 6.45) is 1.82. The van der Waals surface area contributed by atoms with Crippen LogP contribution in [0.15, 0.2) is 16.9 Å². The van der Waals surface area contributed by atoms with Crippen molar-refractivity contribution in [3.8, 4) is 0 Å². The molecule has 0 spiro atoms. The third kappa shape index (κ3) is 1.60. The number of hydrogen-bond acceptors (Lipinski definition) is 2. The summed E-state index contributed by atoms with van der Waals surface area (Å²) >= 11 is 0. The van der Waals surface area contributed by atoms with Crippen molar-refractivity contribution in [3.63, 3.8) is 0 Å². The van der Waals surface area contributed by atoms with E-state index in [1.807, 2.05) is 33.9 Å². The van der Waals surface area contributed by atoms with Gasteiger partial charge in [-0.1, -0.05) is 18.5 Å². The Labute approximate surface area is 72.8 Å². The van der Waals surface area contributed by atoms with Crippen molar-refractivity contribution >= 4 is 5.78 Å². The first kappa shape index (κ1) is 9.10. The molecule has 1 heterocycles. The molecule has 1 rings (SSSR count). The van der Waals surface area contributed by atoms with Crippen molar-refractivity contribution in [3.05, 3.63) is 17.8 Å². The summed E-state index contributed by atoms with van der Waals surface area (Å²) in [5, 5.41) is 4.10. The lowest BCUT2D eigenvalue weighted by atomic mass is 10.0. The van der Waals surface area contributed by atoms with Crippen LogP contribution in [0.3, 0.4) is 0 Å². The van der Waals surface area contributed by atoms with Gasteiger partial charge in [-0.15, -0.1) is 0 Å². The van der Waals surface area contributed by atoms with E-state index >= 15 is 0 Å². The zero-order valence-electron chi connectivity index (χ0n) is 7.96. The Kier molecular flexibility index (Phi) is 2.40. The van der Waals surface area contributed by atoms with Crippen LogP contribution in [0.5, 0.6) is 0 Å². The molecule has 0 saturated heterocycles. The fourth-order valence-electron chi connectivity index (χ4n) is 0.977. The van der Waals surface area contributed by atoms with Gasteiger partial charge in [0, 0.05) is 18.9 Å². The van der Waals surface area contributed by atoms with Gasteiger partial charge in [0.25, 0.3) is 0 Å². The van der Waals surface area contributed by atoms with Crippen molar-refractivity contribution in [1.82, 2.24) is 0 Å². The number of hydrogen-bond donors (Lipinski definition) is 0. The van der Waals surface area contributed by atoms with Gasteiger partial charge in [0.2, 0.25) is 11.7 Å². The first-order valence-electron chi connectivity index (χ1n) is 4.07. The van der Waals surface area contributed by atoms with Crippen molar-refractivity contribution in [2.45, 2.75) is 20.8 Å². The van der Waals surface area contributed by atoms with Crippen LogP contribution in [0, 0.1) is 12.0 Å². The second-order valence-corrected chi connectivity index (χ2v) is 3.31. The Hall–Kier alpha value is -0.990. The van der Waals surface area contributed by atoms with Gasteiger partial charge in [0.05, 0.1) is 0 Å². The molecular weight excluding hydrogens is 152 g/mol. The molecule has 0 amide bonds. The highest BCUT2D eigenvalue weighted by molar-refractivity contribution is 5.95. The Morgan fingerprint density at radius 1 is 1.58 bits per heavy atom. The predicted octanol–water partition coefficient (Wildman–Crippen LogP) is 1.76. The minimum atomic E-state index is 0.0271. The maximum absolute atomic E-state index is 11.4. The lowest BCUT2D eigenvalue weighted by Gasteiger charge is -2.00. The molecule has 0 fully saturated rings. The standard InChI is InChI=1S/C9H14N2O/c1-6(2)9(12)8-5-7(3)11(4)10-8/h5-6H,1-4H3/q+1. The van der Waals surface area contributed by atoms with E-state index in [1.54, 1.807) is 4.70 Å². The molecule has 3 nitrogen and oxygen atoms in total. The van der Waals surface area contributed by atoms with Gasteiger partial charge < -0.3 is 0 Å². The first-order valence-corrected chi connectivity index (χ1v) is 4.07. The summed E-state index contributed by atoms with van der Waals surface area (Å²) < 4.78 is 1.72. The number of Topliss-reactive ketones (excluding diaryl/α,β-unsaturated/α-hetero) is 1. The second kappa shape index (κ2) is 3.17. The highest BCUT2D eigenvalue weighted by Crippen LogP contribution is 2.20. The molecule has 0 bridgehead atoms. The van der Waals surface area contributed by atoms with E-state index in [-0.39, 0.29) is 11.7 Å². The van der Waals surface area contributed by atoms with E-state index < -0.39 is 0 Å². The fourth-order valence-corrected chi connectivity index (χ4v) is 0.977. The molecule has 0 saturated carbocycles. The maximum Gasteiger partial charge on any atom is 0.247 e. The molecule has 1 aliphatic heterocycles. The second-order valence-electron chi connectivity index (χ2n) is 3.31. The van der Waals surface area contributed by atoms with Gasteiger partial charge in [0.1, 0.15) is 0 Å². The number of nitrogens with zero attached hydrogens (tertiary/aromatic N) is 2. The van der Waals surface area contributed by atoms with Crippen LogP contribution in [-0.4, -0.2) is 17.5 Å². The molecule has 0 atom stereocenters. The Balaban J connectivity index is 2.77. The summed E-state index contributed by atoms with van der Waals surface area (Å²) in [6, 6.07) is 0.574. The molecule has 0 aromatic rings. The van der Waals surface area contributed by atoms with Crippen molar-refractivity contribution in [2.75, 3.05) is 7.05 Å². The summed E-state index contributed by atoms with van der Waals surface area (Å²) in [5.41, 5.74) is 1.01. The molecule has 0 N–H and O–H groups in total. The molecule has 1 radical (unpaired) electrons. The highest BCUT2D eigenvalue weighted by Gasteiger charge is 2.30. The summed E-state index contributed by atoms with van der Waals surface area (Å²) in [5.74, 6) is 0.137. The molecule has 0 unspecified atom stereocenters. The van der Waals surface area contributed by atoms with Gasteiger partial charge in [-0.3, -0.25) is 4.79 Å². The summed E-state index contributed by atoms with van der Waals surface area (Å²) in [6.45, 7) is 5.70. The zero-order valence-corrected chi connectivity index (χ0v) is 7.96. The average Bonchev–Trinajstić information content (AvgIpc) is 2.30. The van der Waals surface area contributed by atoms with E-state index in [4.69, 9.17) is 0 Å². The van der Waals surface area contributed by atoms with Crippen LogP contribution in [0.1, 0.15) is 20.8 Å². The number of rotatable bonds is 2. The van der Waals surface area contributed by atoms with E-state index in [0.717, 1.165) is 5.70 Å². The summed E-state index contributed by atoms with van der Waals surface area (Å²) in [4.78, 5) is 11.4. The van der Waals surface area contributed by atoms with Crippen LogP contribution < -0.4 is 0 Å². The van der Waals surface area contributed by atoms with Crippen molar-refractivity contribution in [1.29, 1.82) is 0 Å². The maximum atomic E-state index is 11.4. The molecule has 65 valence electrons. The van der Waals surface area contributed by atoms with Gasteiger partial charge in [-0.25, -0.2) is 0 Å². The lowest BCUT2D eigenvalue weighted by molar-refractivity contribution is -0.509. The smallest absolute Gasteiger partial charge is 0.247 e. The lowest BCUT2D eigenvalue weighted by Crippen LogP contribution is -2.13. The molecule has 12 heavy (non-hydrogen) atoms. The molecule has 0 aromatic carbocycles. The van der Waals surface area contributed by atoms with E-state index in [0.29, 0.717) is 6.04 Å².